The van der Waals surface area contributed by atoms with Crippen LogP contribution in [-0.4, -0.2) is 16.1 Å². The summed E-state index contributed by atoms with van der Waals surface area (Å²) in [6.07, 6.45) is 0.226. The summed E-state index contributed by atoms with van der Waals surface area (Å²) in [5.41, 5.74) is 1.55. The number of thiophene rings is 1. The molecule has 1 amide bonds. The maximum atomic E-state index is 12.2. The van der Waals surface area contributed by atoms with E-state index in [4.69, 9.17) is 16.0 Å². The molecule has 0 aliphatic heterocycles. The second kappa shape index (κ2) is 6.52. The van der Waals surface area contributed by atoms with Crippen LogP contribution in [0.4, 0.5) is 5.69 Å². The number of carbonyl (C=O) groups excluding carboxylic acids is 1. The van der Waals surface area contributed by atoms with E-state index < -0.39 is 0 Å². The van der Waals surface area contributed by atoms with Gasteiger partial charge in [0.2, 0.25) is 11.8 Å². The average molecular weight is 348 g/mol. The lowest BCUT2D eigenvalue weighted by Crippen LogP contribution is -2.14. The molecule has 0 atom stereocenters. The molecule has 2 aromatic heterocycles. The second-order valence-corrected chi connectivity index (χ2v) is 6.69. The van der Waals surface area contributed by atoms with E-state index in [1.54, 1.807) is 13.0 Å². The molecule has 5 nitrogen and oxygen atoms in total. The minimum atomic E-state index is -0.118. The van der Waals surface area contributed by atoms with E-state index in [0.717, 1.165) is 21.0 Å². The number of aromatic nitrogens is 2. The van der Waals surface area contributed by atoms with Gasteiger partial charge in [0, 0.05) is 16.8 Å². The largest absolute Gasteiger partial charge is 0.420 e. The number of hydrogen-bond acceptors (Lipinski definition) is 5. The fraction of sp³-hybridized carbons (Fsp3) is 0.188. The summed E-state index contributed by atoms with van der Waals surface area (Å²) in [5, 5.41) is 11.3. The summed E-state index contributed by atoms with van der Waals surface area (Å²) in [4.78, 5) is 14.0. The second-order valence-electron chi connectivity index (χ2n) is 5.02. The highest BCUT2D eigenvalue weighted by Gasteiger charge is 2.15. The molecule has 7 heteroatoms. The first-order valence-corrected chi connectivity index (χ1v) is 8.16. The van der Waals surface area contributed by atoms with E-state index in [9.17, 15) is 4.79 Å². The molecule has 3 rings (SSSR count). The minimum Gasteiger partial charge on any atom is -0.420 e. The van der Waals surface area contributed by atoms with Crippen LogP contribution in [0.5, 0.6) is 0 Å². The Morgan fingerprint density at radius 3 is 2.78 bits per heavy atom. The van der Waals surface area contributed by atoms with Gasteiger partial charge in [-0.2, -0.15) is 0 Å². The fourth-order valence-electron chi connectivity index (χ4n) is 2.12. The summed E-state index contributed by atoms with van der Waals surface area (Å²) < 4.78 is 5.41. The predicted molar refractivity (Wildman–Crippen MR) is 90.9 cm³/mol. The maximum Gasteiger partial charge on any atom is 0.257 e. The molecule has 3 aromatic rings. The van der Waals surface area contributed by atoms with Crippen molar-refractivity contribution in [2.24, 2.45) is 0 Å². The van der Waals surface area contributed by atoms with Crippen LogP contribution in [0.2, 0.25) is 5.02 Å². The van der Waals surface area contributed by atoms with Gasteiger partial charge in [-0.25, -0.2) is 0 Å². The molecule has 0 saturated heterocycles. The third-order valence-corrected chi connectivity index (χ3v) is 4.64. The van der Waals surface area contributed by atoms with E-state index in [0.29, 0.717) is 16.8 Å². The average Bonchev–Trinajstić information content (AvgIpc) is 3.08. The van der Waals surface area contributed by atoms with E-state index in [2.05, 4.69) is 15.5 Å². The van der Waals surface area contributed by atoms with Crippen LogP contribution in [0.3, 0.4) is 0 Å². The lowest BCUT2D eigenvalue weighted by Gasteiger charge is -2.05. The van der Waals surface area contributed by atoms with Gasteiger partial charge < -0.3 is 9.73 Å². The number of amides is 1. The molecule has 0 saturated carbocycles. The monoisotopic (exact) mass is 347 g/mol. The van der Waals surface area contributed by atoms with Crippen LogP contribution in [0.15, 0.2) is 34.7 Å². The fourth-order valence-corrected chi connectivity index (χ4v) is 3.22. The summed E-state index contributed by atoms with van der Waals surface area (Å²) >= 11 is 7.58. The van der Waals surface area contributed by atoms with Crippen LogP contribution in [0.25, 0.3) is 10.8 Å². The molecule has 0 aliphatic rings. The zero-order chi connectivity index (χ0) is 16.4. The van der Waals surface area contributed by atoms with Gasteiger partial charge >= 0.3 is 0 Å². The number of anilines is 1. The molecule has 0 fully saturated rings. The number of hydrogen-bond donors (Lipinski definition) is 1. The van der Waals surface area contributed by atoms with Crippen molar-refractivity contribution in [3.05, 3.63) is 51.7 Å². The Bertz CT molecular complexity index is 857. The number of benzene rings is 1. The molecule has 1 aromatic carbocycles. The minimum absolute atomic E-state index is 0.118. The van der Waals surface area contributed by atoms with Gasteiger partial charge in [-0.3, -0.25) is 4.79 Å². The molecular formula is C16H14ClN3O2S. The zero-order valence-electron chi connectivity index (χ0n) is 12.6. The Hall–Kier alpha value is -2.18. The van der Waals surface area contributed by atoms with Gasteiger partial charge in [-0.1, -0.05) is 29.8 Å². The lowest BCUT2D eigenvalue weighted by molar-refractivity contribution is -0.115. The quantitative estimate of drug-likeness (QED) is 0.766. The van der Waals surface area contributed by atoms with Gasteiger partial charge in [0.25, 0.3) is 5.89 Å². The van der Waals surface area contributed by atoms with Crippen molar-refractivity contribution in [1.29, 1.82) is 0 Å². The zero-order valence-corrected chi connectivity index (χ0v) is 14.2. The molecule has 0 radical (unpaired) electrons. The van der Waals surface area contributed by atoms with Crippen molar-refractivity contribution in [3.63, 3.8) is 0 Å². The van der Waals surface area contributed by atoms with Crippen LogP contribution in [-0.2, 0) is 11.2 Å². The van der Waals surface area contributed by atoms with Crippen LogP contribution >= 0.6 is 22.9 Å². The first-order valence-electron chi connectivity index (χ1n) is 6.97. The third-order valence-electron chi connectivity index (χ3n) is 3.24. The summed E-state index contributed by atoms with van der Waals surface area (Å²) in [6.45, 7) is 3.67. The van der Waals surface area contributed by atoms with Crippen molar-refractivity contribution in [1.82, 2.24) is 10.2 Å². The Labute approximate surface area is 142 Å². The van der Waals surface area contributed by atoms with Gasteiger partial charge in [0.05, 0.1) is 17.0 Å². The maximum absolute atomic E-state index is 12.2. The molecule has 23 heavy (non-hydrogen) atoms. The normalized spacial score (nSPS) is 10.7. The molecule has 2 heterocycles. The number of rotatable bonds is 4. The van der Waals surface area contributed by atoms with E-state index in [1.165, 1.54) is 11.3 Å². The Kier molecular flexibility index (Phi) is 4.45. The van der Waals surface area contributed by atoms with E-state index in [1.807, 2.05) is 31.2 Å². The van der Waals surface area contributed by atoms with Gasteiger partial charge in [-0.05, 0) is 24.6 Å². The summed E-state index contributed by atoms with van der Waals surface area (Å²) in [5.74, 6) is 0.852. The summed E-state index contributed by atoms with van der Waals surface area (Å²) in [6, 6.07) is 9.16. The Morgan fingerprint density at radius 2 is 2.09 bits per heavy atom. The van der Waals surface area contributed by atoms with Crippen LogP contribution < -0.4 is 5.32 Å². The van der Waals surface area contributed by atoms with Gasteiger partial charge in [0.1, 0.15) is 0 Å². The highest BCUT2D eigenvalue weighted by Crippen LogP contribution is 2.33. The highest BCUT2D eigenvalue weighted by molar-refractivity contribution is 7.15. The SMILES string of the molecule is Cc1nnc(-c2cc(NC(=O)Cc3ccccc3Cl)c(C)s2)o1. The number of aryl methyl sites for hydroxylation is 2. The smallest absolute Gasteiger partial charge is 0.257 e. The van der Waals surface area contributed by atoms with Crippen molar-refractivity contribution in [3.8, 4) is 10.8 Å². The van der Waals surface area contributed by atoms with Crippen molar-refractivity contribution in [2.45, 2.75) is 20.3 Å². The molecule has 0 spiro atoms. The Morgan fingerprint density at radius 1 is 1.30 bits per heavy atom. The number of halogens is 1. The molecule has 0 bridgehead atoms. The standard InChI is InChI=1S/C16H14ClN3O2S/c1-9-13(8-14(23-9)16-20-19-10(2)22-16)18-15(21)7-11-5-3-4-6-12(11)17/h3-6,8H,7H2,1-2H3,(H,18,21). The van der Waals surface area contributed by atoms with Crippen molar-refractivity contribution < 1.29 is 9.21 Å². The number of nitrogens with zero attached hydrogens (tertiary/aromatic N) is 2. The van der Waals surface area contributed by atoms with E-state index in [-0.39, 0.29) is 12.3 Å². The number of nitrogens with one attached hydrogen (secondary N) is 1. The van der Waals surface area contributed by atoms with Crippen LogP contribution in [0, 0.1) is 13.8 Å². The first-order chi connectivity index (χ1) is 11.0. The molecular weight excluding hydrogens is 334 g/mol. The topological polar surface area (TPSA) is 68.0 Å². The van der Waals surface area contributed by atoms with E-state index >= 15 is 0 Å². The molecule has 0 unspecified atom stereocenters. The van der Waals surface area contributed by atoms with Crippen LogP contribution in [0.1, 0.15) is 16.3 Å². The first kappa shape index (κ1) is 15.7. The van der Waals surface area contributed by atoms with Gasteiger partial charge in [-0.15, -0.1) is 21.5 Å². The highest BCUT2D eigenvalue weighted by atomic mass is 35.5. The third kappa shape index (κ3) is 3.60. The molecule has 0 aliphatic carbocycles. The Balaban J connectivity index is 1.74. The molecule has 118 valence electrons. The lowest BCUT2D eigenvalue weighted by atomic mass is 10.1. The van der Waals surface area contributed by atoms with Crippen molar-refractivity contribution in [2.75, 3.05) is 5.32 Å². The number of carbonyl (C=O) groups is 1. The van der Waals surface area contributed by atoms with Gasteiger partial charge in [0.15, 0.2) is 0 Å². The predicted octanol–water partition coefficient (Wildman–Crippen LogP) is 4.25. The summed E-state index contributed by atoms with van der Waals surface area (Å²) in [7, 11) is 0. The van der Waals surface area contributed by atoms with Crippen molar-refractivity contribution >= 4 is 34.5 Å². The molecule has 1 N–H and O–H groups in total.